The van der Waals surface area contributed by atoms with E-state index < -0.39 is 0 Å². The molecule has 7 heteroatoms. The Labute approximate surface area is 175 Å². The Morgan fingerprint density at radius 1 is 1.17 bits per heavy atom. The van der Waals surface area contributed by atoms with Crippen LogP contribution in [0, 0.1) is 11.7 Å². The number of amides is 1. The number of hydrogen-bond donors (Lipinski definition) is 1. The van der Waals surface area contributed by atoms with Crippen molar-refractivity contribution in [2.45, 2.75) is 57.7 Å². The number of rotatable bonds is 4. The maximum atomic E-state index is 14.0. The molecule has 1 aromatic heterocycles. The summed E-state index contributed by atoms with van der Waals surface area (Å²) in [4.78, 5) is 37.5. The van der Waals surface area contributed by atoms with Crippen molar-refractivity contribution in [3.8, 4) is 0 Å². The van der Waals surface area contributed by atoms with Gasteiger partial charge in [-0.3, -0.25) is 14.5 Å². The Morgan fingerprint density at radius 3 is 2.77 bits per heavy atom. The summed E-state index contributed by atoms with van der Waals surface area (Å²) in [6.07, 6.45) is 5.54. The number of hydrogen-bond acceptors (Lipinski definition) is 4. The summed E-state index contributed by atoms with van der Waals surface area (Å²) in [5, 5.41) is 0. The molecule has 1 N–H and O–H groups in total. The standard InChI is InChI=1S/C23H27FN4O2/c24-18-8-2-1-5-16(18)13-27-12-10-19-17(14-27)22(29)26-21(25-19)20-9-4-11-28(20)23(30)15-6-3-7-15/h1-2,5,8,15,20H,3-4,6-7,9-14H2,(H,25,26,29). The fourth-order valence-electron chi connectivity index (χ4n) is 4.86. The lowest BCUT2D eigenvalue weighted by Gasteiger charge is -2.33. The van der Waals surface area contributed by atoms with Gasteiger partial charge in [-0.1, -0.05) is 24.6 Å². The van der Waals surface area contributed by atoms with E-state index in [1.165, 1.54) is 6.07 Å². The summed E-state index contributed by atoms with van der Waals surface area (Å²) >= 11 is 0. The van der Waals surface area contributed by atoms with Crippen LogP contribution < -0.4 is 5.56 Å². The number of nitrogens with zero attached hydrogens (tertiary/aromatic N) is 3. The van der Waals surface area contributed by atoms with Gasteiger partial charge in [-0.05, 0) is 31.7 Å². The molecule has 1 atom stereocenters. The molecule has 0 spiro atoms. The molecule has 6 nitrogen and oxygen atoms in total. The molecular weight excluding hydrogens is 383 g/mol. The fourth-order valence-corrected chi connectivity index (χ4v) is 4.86. The zero-order valence-electron chi connectivity index (χ0n) is 17.1. The van der Waals surface area contributed by atoms with Crippen molar-refractivity contribution in [2.75, 3.05) is 13.1 Å². The second-order valence-corrected chi connectivity index (χ2v) is 8.75. The first kappa shape index (κ1) is 19.4. The molecular formula is C23H27FN4O2. The third-order valence-corrected chi connectivity index (χ3v) is 6.82. The largest absolute Gasteiger partial charge is 0.332 e. The highest BCUT2D eigenvalue weighted by molar-refractivity contribution is 5.80. The Kier molecular flexibility index (Phi) is 5.15. The van der Waals surface area contributed by atoms with Gasteiger partial charge in [0, 0.05) is 44.1 Å². The average molecular weight is 410 g/mol. The maximum absolute atomic E-state index is 14.0. The first-order valence-electron chi connectivity index (χ1n) is 11.0. The van der Waals surface area contributed by atoms with Crippen molar-refractivity contribution in [1.82, 2.24) is 19.8 Å². The quantitative estimate of drug-likeness (QED) is 0.842. The molecule has 3 aliphatic rings. The number of benzene rings is 1. The summed E-state index contributed by atoms with van der Waals surface area (Å²) in [7, 11) is 0. The van der Waals surface area contributed by atoms with Gasteiger partial charge >= 0.3 is 0 Å². The van der Waals surface area contributed by atoms with Gasteiger partial charge in [-0.2, -0.15) is 0 Å². The number of halogens is 1. The molecule has 2 aliphatic heterocycles. The van der Waals surface area contributed by atoms with Crippen molar-refractivity contribution >= 4 is 5.91 Å². The zero-order valence-corrected chi connectivity index (χ0v) is 17.1. The molecule has 2 fully saturated rings. The van der Waals surface area contributed by atoms with Gasteiger partial charge in [-0.25, -0.2) is 9.37 Å². The highest BCUT2D eigenvalue weighted by atomic mass is 19.1. The van der Waals surface area contributed by atoms with Crippen molar-refractivity contribution in [2.24, 2.45) is 5.92 Å². The van der Waals surface area contributed by atoms with E-state index in [1.807, 2.05) is 11.0 Å². The number of aromatic amines is 1. The van der Waals surface area contributed by atoms with Crippen molar-refractivity contribution < 1.29 is 9.18 Å². The lowest BCUT2D eigenvalue weighted by atomic mass is 9.84. The Hall–Kier alpha value is -2.54. The van der Waals surface area contributed by atoms with Gasteiger partial charge in [0.2, 0.25) is 5.91 Å². The molecule has 0 bridgehead atoms. The number of H-pyrrole nitrogens is 1. The second kappa shape index (κ2) is 7.95. The van der Waals surface area contributed by atoms with Crippen LogP contribution >= 0.6 is 0 Å². The minimum absolute atomic E-state index is 0.118. The highest BCUT2D eigenvalue weighted by Gasteiger charge is 2.37. The Balaban J connectivity index is 1.35. The third-order valence-electron chi connectivity index (χ3n) is 6.82. The molecule has 1 amide bonds. The average Bonchev–Trinajstić information content (AvgIpc) is 3.19. The van der Waals surface area contributed by atoms with E-state index in [9.17, 15) is 14.0 Å². The molecule has 3 heterocycles. The van der Waals surface area contributed by atoms with Gasteiger partial charge in [0.1, 0.15) is 11.6 Å². The van der Waals surface area contributed by atoms with E-state index in [4.69, 9.17) is 4.98 Å². The van der Waals surface area contributed by atoms with Gasteiger partial charge in [-0.15, -0.1) is 0 Å². The van der Waals surface area contributed by atoms with E-state index in [0.29, 0.717) is 36.5 Å². The number of aromatic nitrogens is 2. The fraction of sp³-hybridized carbons (Fsp3) is 0.522. The van der Waals surface area contributed by atoms with Gasteiger partial charge < -0.3 is 9.88 Å². The molecule has 0 radical (unpaired) electrons. The summed E-state index contributed by atoms with van der Waals surface area (Å²) < 4.78 is 14.0. The Bertz CT molecular complexity index is 1020. The number of carbonyl (C=O) groups is 1. The predicted molar refractivity (Wildman–Crippen MR) is 110 cm³/mol. The van der Waals surface area contributed by atoms with Crippen LogP contribution in [0.3, 0.4) is 0 Å². The molecule has 1 saturated carbocycles. The van der Waals surface area contributed by atoms with Crippen molar-refractivity contribution in [3.63, 3.8) is 0 Å². The van der Waals surface area contributed by atoms with Crippen LogP contribution in [0.2, 0.25) is 0 Å². The van der Waals surface area contributed by atoms with Crippen molar-refractivity contribution in [1.29, 1.82) is 0 Å². The highest BCUT2D eigenvalue weighted by Crippen LogP contribution is 2.36. The molecule has 1 saturated heterocycles. The predicted octanol–water partition coefficient (Wildman–Crippen LogP) is 2.93. The number of nitrogens with one attached hydrogen (secondary N) is 1. The number of likely N-dealkylation sites (tertiary alicyclic amines) is 1. The summed E-state index contributed by atoms with van der Waals surface area (Å²) in [5.74, 6) is 0.789. The minimum Gasteiger partial charge on any atom is -0.332 e. The number of carbonyl (C=O) groups excluding carboxylic acids is 1. The topological polar surface area (TPSA) is 69.3 Å². The molecule has 158 valence electrons. The van der Waals surface area contributed by atoms with E-state index in [-0.39, 0.29) is 29.2 Å². The molecule has 1 unspecified atom stereocenters. The van der Waals surface area contributed by atoms with Crippen LogP contribution in [-0.2, 0) is 24.3 Å². The monoisotopic (exact) mass is 410 g/mol. The molecule has 5 rings (SSSR count). The van der Waals surface area contributed by atoms with Crippen LogP contribution in [-0.4, -0.2) is 38.8 Å². The van der Waals surface area contributed by atoms with Crippen LogP contribution in [0.25, 0.3) is 0 Å². The van der Waals surface area contributed by atoms with Gasteiger partial charge in [0.05, 0.1) is 17.3 Å². The molecule has 1 aliphatic carbocycles. The minimum atomic E-state index is -0.219. The SMILES string of the molecule is O=C(C1CCC1)N1CCCC1c1nc2c(c(=O)[nH]1)CN(Cc1ccccc1F)CC2. The van der Waals surface area contributed by atoms with Crippen LogP contribution in [0.4, 0.5) is 4.39 Å². The summed E-state index contributed by atoms with van der Waals surface area (Å²) in [5.41, 5.74) is 1.99. The molecule has 1 aromatic carbocycles. The van der Waals surface area contributed by atoms with E-state index in [1.54, 1.807) is 12.1 Å². The van der Waals surface area contributed by atoms with E-state index in [0.717, 1.165) is 50.9 Å². The van der Waals surface area contributed by atoms with Crippen LogP contribution in [0.15, 0.2) is 29.1 Å². The van der Waals surface area contributed by atoms with E-state index in [2.05, 4.69) is 9.88 Å². The lowest BCUT2D eigenvalue weighted by molar-refractivity contribution is -0.139. The first-order chi connectivity index (χ1) is 14.6. The smallest absolute Gasteiger partial charge is 0.255 e. The Morgan fingerprint density at radius 2 is 2.00 bits per heavy atom. The molecule has 2 aromatic rings. The van der Waals surface area contributed by atoms with Crippen LogP contribution in [0.1, 0.15) is 60.8 Å². The van der Waals surface area contributed by atoms with Gasteiger partial charge in [0.15, 0.2) is 0 Å². The summed E-state index contributed by atoms with van der Waals surface area (Å²) in [6.45, 7) is 2.41. The maximum Gasteiger partial charge on any atom is 0.255 e. The normalized spacial score (nSPS) is 22.0. The van der Waals surface area contributed by atoms with Gasteiger partial charge in [0.25, 0.3) is 5.56 Å². The second-order valence-electron chi connectivity index (χ2n) is 8.75. The third kappa shape index (κ3) is 3.55. The van der Waals surface area contributed by atoms with E-state index >= 15 is 0 Å². The first-order valence-corrected chi connectivity index (χ1v) is 11.0. The summed E-state index contributed by atoms with van der Waals surface area (Å²) in [6, 6.07) is 6.64. The number of fused-ring (bicyclic) bond motifs is 1. The van der Waals surface area contributed by atoms with Crippen LogP contribution in [0.5, 0.6) is 0 Å². The molecule has 30 heavy (non-hydrogen) atoms. The van der Waals surface area contributed by atoms with Crippen molar-refractivity contribution in [3.05, 3.63) is 63.1 Å². The lowest BCUT2D eigenvalue weighted by Crippen LogP contribution is -2.40. The zero-order chi connectivity index (χ0) is 20.7.